The molecule has 0 spiro atoms. The van der Waals surface area contributed by atoms with Gasteiger partial charge in [-0.2, -0.15) is 5.26 Å². The van der Waals surface area contributed by atoms with Crippen LogP contribution in [0.3, 0.4) is 0 Å². The van der Waals surface area contributed by atoms with Crippen LogP contribution in [0.1, 0.15) is 31.4 Å². The zero-order valence-electron chi connectivity index (χ0n) is 9.85. The number of nitrogens with zero attached hydrogens (tertiary/aromatic N) is 2. The lowest BCUT2D eigenvalue weighted by Crippen LogP contribution is -2.35. The lowest BCUT2D eigenvalue weighted by Gasteiger charge is -2.23. The van der Waals surface area contributed by atoms with Crippen molar-refractivity contribution in [1.82, 2.24) is 10.3 Å². The van der Waals surface area contributed by atoms with Crippen molar-refractivity contribution in [2.45, 2.75) is 31.7 Å². The van der Waals surface area contributed by atoms with Gasteiger partial charge in [-0.15, -0.1) is 0 Å². The number of ether oxygens (including phenoxy) is 1. The van der Waals surface area contributed by atoms with Crippen molar-refractivity contribution in [1.29, 1.82) is 5.26 Å². The molecule has 90 valence electrons. The smallest absolute Gasteiger partial charge is 0.182 e. The number of aromatic nitrogens is 1. The fraction of sp³-hybridized carbons (Fsp3) is 0.538. The maximum atomic E-state index is 8.86. The minimum absolute atomic E-state index is 0.365. The van der Waals surface area contributed by atoms with Gasteiger partial charge in [0.25, 0.3) is 0 Å². The Kier molecular flexibility index (Phi) is 4.34. The van der Waals surface area contributed by atoms with Crippen molar-refractivity contribution >= 4 is 0 Å². The molecule has 0 saturated carbocycles. The summed E-state index contributed by atoms with van der Waals surface area (Å²) >= 11 is 0. The molecular weight excluding hydrogens is 214 g/mol. The molecule has 1 atom stereocenters. The zero-order valence-corrected chi connectivity index (χ0v) is 9.85. The number of hydrogen-bond acceptors (Lipinski definition) is 4. The van der Waals surface area contributed by atoms with Crippen molar-refractivity contribution in [3.05, 3.63) is 24.0 Å². The Morgan fingerprint density at radius 3 is 3.24 bits per heavy atom. The number of rotatable bonds is 4. The summed E-state index contributed by atoms with van der Waals surface area (Å²) < 4.78 is 5.61. The van der Waals surface area contributed by atoms with Crippen molar-refractivity contribution in [2.75, 3.05) is 13.2 Å². The summed E-state index contributed by atoms with van der Waals surface area (Å²) in [6, 6.07) is 6.17. The third-order valence-electron chi connectivity index (χ3n) is 3.01. The van der Waals surface area contributed by atoms with Gasteiger partial charge in [0.2, 0.25) is 0 Å². The maximum Gasteiger partial charge on any atom is 0.182 e. The van der Waals surface area contributed by atoms with Gasteiger partial charge in [0.1, 0.15) is 6.07 Å². The van der Waals surface area contributed by atoms with Gasteiger partial charge < -0.3 is 10.1 Å². The molecule has 1 fully saturated rings. The normalized spacial score (nSPS) is 19.6. The van der Waals surface area contributed by atoms with Crippen molar-refractivity contribution in [2.24, 2.45) is 0 Å². The number of nitrogens with one attached hydrogen (secondary N) is 1. The second-order valence-electron chi connectivity index (χ2n) is 4.25. The Bertz CT molecular complexity index is 394. The van der Waals surface area contributed by atoms with Crippen LogP contribution >= 0.6 is 0 Å². The van der Waals surface area contributed by atoms with Crippen molar-refractivity contribution in [3.8, 4) is 11.8 Å². The van der Waals surface area contributed by atoms with Gasteiger partial charge in [-0.3, -0.25) is 0 Å². The highest BCUT2D eigenvalue weighted by molar-refractivity contribution is 5.36. The molecule has 0 radical (unpaired) electrons. The van der Waals surface area contributed by atoms with Gasteiger partial charge in [-0.25, -0.2) is 4.98 Å². The zero-order chi connectivity index (χ0) is 11.9. The van der Waals surface area contributed by atoms with Gasteiger partial charge >= 0.3 is 0 Å². The summed E-state index contributed by atoms with van der Waals surface area (Å²) in [5.41, 5.74) is 0.365. The van der Waals surface area contributed by atoms with Crippen LogP contribution in [0.25, 0.3) is 0 Å². The van der Waals surface area contributed by atoms with E-state index in [9.17, 15) is 0 Å². The lowest BCUT2D eigenvalue weighted by atomic mass is 10.0. The molecule has 1 aliphatic heterocycles. The highest BCUT2D eigenvalue weighted by Crippen LogP contribution is 2.15. The number of nitriles is 1. The summed E-state index contributed by atoms with van der Waals surface area (Å²) in [5.74, 6) is 0.589. The summed E-state index contributed by atoms with van der Waals surface area (Å²) in [7, 11) is 0. The summed E-state index contributed by atoms with van der Waals surface area (Å²) in [4.78, 5) is 3.96. The van der Waals surface area contributed by atoms with E-state index in [2.05, 4.69) is 10.3 Å². The first-order valence-electron chi connectivity index (χ1n) is 6.11. The van der Waals surface area contributed by atoms with Gasteiger partial charge in [0.15, 0.2) is 11.4 Å². The standard InChI is InChI=1S/C13H17N3O/c14-10-12-13(5-3-8-16-12)17-9-6-11-4-1-2-7-15-11/h3,5,8,11,15H,1-2,4,6-7,9H2. The Morgan fingerprint density at radius 1 is 1.53 bits per heavy atom. The summed E-state index contributed by atoms with van der Waals surface area (Å²) in [6.45, 7) is 1.75. The predicted octanol–water partition coefficient (Wildman–Crippen LogP) is 1.86. The van der Waals surface area contributed by atoms with E-state index in [1.165, 1.54) is 19.3 Å². The van der Waals surface area contributed by atoms with Crippen LogP contribution in [0, 0.1) is 11.3 Å². The van der Waals surface area contributed by atoms with E-state index in [0.717, 1.165) is 13.0 Å². The SMILES string of the molecule is N#Cc1ncccc1OCCC1CCCCN1. The lowest BCUT2D eigenvalue weighted by molar-refractivity contribution is 0.267. The van der Waals surface area contributed by atoms with Gasteiger partial charge in [0, 0.05) is 12.2 Å². The highest BCUT2D eigenvalue weighted by Gasteiger charge is 2.12. The molecule has 1 aliphatic rings. The third kappa shape index (κ3) is 3.43. The molecule has 2 heterocycles. The third-order valence-corrected chi connectivity index (χ3v) is 3.01. The minimum Gasteiger partial charge on any atom is -0.490 e. The highest BCUT2D eigenvalue weighted by atomic mass is 16.5. The average molecular weight is 231 g/mol. The number of pyridine rings is 1. The van der Waals surface area contributed by atoms with Crippen LogP contribution < -0.4 is 10.1 Å². The molecule has 4 nitrogen and oxygen atoms in total. The molecule has 0 aromatic carbocycles. The predicted molar refractivity (Wildman–Crippen MR) is 64.7 cm³/mol. The van der Waals surface area contributed by atoms with E-state index in [0.29, 0.717) is 24.1 Å². The molecule has 2 rings (SSSR count). The topological polar surface area (TPSA) is 57.9 Å². The van der Waals surface area contributed by atoms with Gasteiger partial charge in [-0.05, 0) is 37.9 Å². The molecule has 1 aromatic heterocycles. The van der Waals surface area contributed by atoms with Crippen molar-refractivity contribution < 1.29 is 4.74 Å². The largest absolute Gasteiger partial charge is 0.490 e. The molecule has 0 bridgehead atoms. The van der Waals surface area contributed by atoms with E-state index in [-0.39, 0.29) is 0 Å². The van der Waals surface area contributed by atoms with Crippen LogP contribution in [-0.2, 0) is 0 Å². The fourth-order valence-electron chi connectivity index (χ4n) is 2.07. The molecular formula is C13H17N3O. The summed E-state index contributed by atoms with van der Waals surface area (Å²) in [5, 5.41) is 12.3. The first-order valence-corrected chi connectivity index (χ1v) is 6.11. The van der Waals surface area contributed by atoms with E-state index >= 15 is 0 Å². The van der Waals surface area contributed by atoms with Crippen LogP contribution in [-0.4, -0.2) is 24.2 Å². The minimum atomic E-state index is 0.365. The summed E-state index contributed by atoms with van der Waals surface area (Å²) in [6.07, 6.45) is 6.39. The Balaban J connectivity index is 1.79. The monoisotopic (exact) mass is 231 g/mol. The van der Waals surface area contributed by atoms with Crippen LogP contribution in [0.4, 0.5) is 0 Å². The molecule has 1 N–H and O–H groups in total. The molecule has 4 heteroatoms. The molecule has 1 saturated heterocycles. The number of piperidine rings is 1. The molecule has 0 amide bonds. The maximum absolute atomic E-state index is 8.86. The molecule has 1 aromatic rings. The second-order valence-corrected chi connectivity index (χ2v) is 4.25. The Hall–Kier alpha value is -1.60. The van der Waals surface area contributed by atoms with E-state index < -0.39 is 0 Å². The fourth-order valence-corrected chi connectivity index (χ4v) is 2.07. The molecule has 0 aliphatic carbocycles. The van der Waals surface area contributed by atoms with E-state index in [1.54, 1.807) is 18.3 Å². The Labute approximate surface area is 102 Å². The van der Waals surface area contributed by atoms with E-state index in [4.69, 9.17) is 10.00 Å². The quantitative estimate of drug-likeness (QED) is 0.859. The first-order chi connectivity index (χ1) is 8.40. The molecule has 1 unspecified atom stereocenters. The molecule has 17 heavy (non-hydrogen) atoms. The first kappa shape index (κ1) is 11.9. The average Bonchev–Trinajstić information content (AvgIpc) is 2.40. The van der Waals surface area contributed by atoms with E-state index in [1.807, 2.05) is 6.07 Å². The van der Waals surface area contributed by atoms with Crippen molar-refractivity contribution in [3.63, 3.8) is 0 Å². The van der Waals surface area contributed by atoms with Crippen LogP contribution in [0.5, 0.6) is 5.75 Å². The second kappa shape index (κ2) is 6.21. The number of hydrogen-bond donors (Lipinski definition) is 1. The van der Waals surface area contributed by atoms with Crippen LogP contribution in [0.2, 0.25) is 0 Å². The van der Waals surface area contributed by atoms with Gasteiger partial charge in [0.05, 0.1) is 6.61 Å². The Morgan fingerprint density at radius 2 is 2.47 bits per heavy atom. The van der Waals surface area contributed by atoms with Crippen LogP contribution in [0.15, 0.2) is 18.3 Å². The van der Waals surface area contributed by atoms with Gasteiger partial charge in [-0.1, -0.05) is 6.42 Å².